The minimum absolute atomic E-state index is 0.0583. The molecule has 4 amide bonds. The van der Waals surface area contributed by atoms with Gasteiger partial charge >= 0.3 is 6.09 Å². The number of ether oxygens (including phenoxy) is 1. The van der Waals surface area contributed by atoms with E-state index >= 15 is 0 Å². The number of amides is 4. The van der Waals surface area contributed by atoms with Crippen LogP contribution in [0.4, 0.5) is 10.5 Å². The van der Waals surface area contributed by atoms with Gasteiger partial charge in [0.2, 0.25) is 11.8 Å². The topological polar surface area (TPSA) is 151 Å². The van der Waals surface area contributed by atoms with Crippen molar-refractivity contribution in [1.29, 1.82) is 0 Å². The second-order valence-electron chi connectivity index (χ2n) is 11.4. The molecule has 4 rings (SSSR count). The minimum atomic E-state index is -1.37. The van der Waals surface area contributed by atoms with Gasteiger partial charge in [0.1, 0.15) is 23.4 Å². The Hall–Kier alpha value is -4.60. The van der Waals surface area contributed by atoms with Crippen molar-refractivity contribution in [1.82, 2.24) is 10.2 Å². The van der Waals surface area contributed by atoms with Crippen LogP contribution in [0.2, 0.25) is 0 Å². The maximum absolute atomic E-state index is 14.1. The number of nitrogens with zero attached hydrogens (tertiary/aromatic N) is 1. The Morgan fingerprint density at radius 1 is 1.02 bits per heavy atom. The first-order chi connectivity index (χ1) is 19.3. The third kappa shape index (κ3) is 7.53. The number of phenols is 1. The number of phenolic OH excluding ortho intramolecular Hbond substituents is 1. The third-order valence-electron chi connectivity index (χ3n) is 6.80. The summed E-state index contributed by atoms with van der Waals surface area (Å²) in [6.45, 7) is 6.95. The van der Waals surface area contributed by atoms with Crippen LogP contribution in [0.5, 0.6) is 5.75 Å². The molecule has 0 radical (unpaired) electrons. The number of hydrogen-bond acceptors (Lipinski definition) is 6. The number of benzene rings is 3. The first-order valence-corrected chi connectivity index (χ1v) is 13.5. The van der Waals surface area contributed by atoms with Crippen LogP contribution < -0.4 is 16.4 Å². The average Bonchev–Trinajstić information content (AvgIpc) is 3.60. The summed E-state index contributed by atoms with van der Waals surface area (Å²) in [4.78, 5) is 54.1. The molecular formula is C31H36N4O6. The number of rotatable bonds is 9. The maximum atomic E-state index is 14.1. The van der Waals surface area contributed by atoms with Crippen molar-refractivity contribution in [2.45, 2.75) is 64.3 Å². The number of fused-ring (bicyclic) bond motifs is 1. The molecule has 0 bridgehead atoms. The highest BCUT2D eigenvalue weighted by molar-refractivity contribution is 6.01. The SMILES string of the molecule is CC1CC1N(C(=O)C(CC(N)=O)NC(=O)OC(C)(C)C)C(C(=O)Nc1ccc2ccccc2c1)c1cccc(O)c1. The van der Waals surface area contributed by atoms with Gasteiger partial charge in [-0.25, -0.2) is 4.79 Å². The molecule has 1 fully saturated rings. The number of alkyl carbamates (subject to hydrolysis) is 1. The zero-order chi connectivity index (χ0) is 29.9. The molecule has 1 aliphatic carbocycles. The van der Waals surface area contributed by atoms with E-state index in [4.69, 9.17) is 10.5 Å². The van der Waals surface area contributed by atoms with Crippen LogP contribution in [0.15, 0.2) is 66.7 Å². The second kappa shape index (κ2) is 11.9. The van der Waals surface area contributed by atoms with Gasteiger partial charge in [0.15, 0.2) is 0 Å². The lowest BCUT2D eigenvalue weighted by Crippen LogP contribution is -2.54. The molecule has 0 spiro atoms. The molecule has 1 aliphatic rings. The standard InChI is InChI=1S/C31H36N4O6/c1-18-14-25(18)35(29(39)24(17-26(32)37)34-30(40)41-31(2,3)4)27(21-10-7-11-23(36)16-21)28(38)33-22-13-12-19-8-5-6-9-20(19)15-22/h5-13,15-16,18,24-25,27,36H,14,17H2,1-4H3,(H2,32,37)(H,33,38)(H,34,40). The Kier molecular flexibility index (Phi) is 8.51. The van der Waals surface area contributed by atoms with Gasteiger partial charge in [0.05, 0.1) is 6.42 Å². The van der Waals surface area contributed by atoms with E-state index in [1.54, 1.807) is 39.0 Å². The number of nitrogens with two attached hydrogens (primary N) is 1. The Bertz CT molecular complexity index is 1470. The Morgan fingerprint density at radius 2 is 1.71 bits per heavy atom. The Morgan fingerprint density at radius 3 is 2.32 bits per heavy atom. The molecule has 1 saturated carbocycles. The average molecular weight is 561 g/mol. The summed E-state index contributed by atoms with van der Waals surface area (Å²) in [5.41, 5.74) is 5.50. The number of carbonyl (C=O) groups is 4. The van der Waals surface area contributed by atoms with Gasteiger partial charge in [-0.1, -0.05) is 49.4 Å². The van der Waals surface area contributed by atoms with Crippen molar-refractivity contribution in [2.75, 3.05) is 5.32 Å². The Balaban J connectivity index is 1.72. The van der Waals surface area contributed by atoms with Crippen molar-refractivity contribution < 1.29 is 29.0 Å². The molecule has 4 unspecified atom stereocenters. The van der Waals surface area contributed by atoms with Gasteiger partial charge in [-0.2, -0.15) is 0 Å². The summed E-state index contributed by atoms with van der Waals surface area (Å²) < 4.78 is 5.31. The number of anilines is 1. The number of nitrogens with one attached hydrogen (secondary N) is 2. The summed E-state index contributed by atoms with van der Waals surface area (Å²) >= 11 is 0. The largest absolute Gasteiger partial charge is 0.508 e. The maximum Gasteiger partial charge on any atom is 0.408 e. The van der Waals surface area contributed by atoms with Gasteiger partial charge < -0.3 is 31.1 Å². The molecule has 4 atom stereocenters. The van der Waals surface area contributed by atoms with E-state index in [1.165, 1.54) is 17.0 Å². The van der Waals surface area contributed by atoms with Crippen LogP contribution in [-0.2, 0) is 19.1 Å². The van der Waals surface area contributed by atoms with Gasteiger partial charge in [-0.05, 0) is 73.7 Å². The summed E-state index contributed by atoms with van der Waals surface area (Å²) in [5, 5.41) is 17.6. The molecule has 10 nitrogen and oxygen atoms in total. The quantitative estimate of drug-likeness (QED) is 0.307. The molecule has 41 heavy (non-hydrogen) atoms. The van der Waals surface area contributed by atoms with E-state index in [0.717, 1.165) is 10.8 Å². The van der Waals surface area contributed by atoms with Gasteiger partial charge in [-0.3, -0.25) is 14.4 Å². The van der Waals surface area contributed by atoms with Crippen LogP contribution in [-0.4, -0.2) is 51.5 Å². The van der Waals surface area contributed by atoms with E-state index < -0.39 is 47.9 Å². The predicted octanol–water partition coefficient (Wildman–Crippen LogP) is 4.23. The summed E-state index contributed by atoms with van der Waals surface area (Å²) in [5.74, 6) is -2.01. The molecule has 0 heterocycles. The first-order valence-electron chi connectivity index (χ1n) is 13.5. The van der Waals surface area contributed by atoms with Gasteiger partial charge in [0.25, 0.3) is 5.91 Å². The molecule has 216 valence electrons. The number of hydrogen-bond donors (Lipinski definition) is 4. The third-order valence-corrected chi connectivity index (χ3v) is 6.80. The summed E-state index contributed by atoms with van der Waals surface area (Å²) in [7, 11) is 0. The number of aromatic hydroxyl groups is 1. The lowest BCUT2D eigenvalue weighted by molar-refractivity contribution is -0.142. The second-order valence-corrected chi connectivity index (χ2v) is 11.4. The van der Waals surface area contributed by atoms with E-state index in [0.29, 0.717) is 17.7 Å². The number of primary amides is 1. The monoisotopic (exact) mass is 560 g/mol. The normalized spacial score (nSPS) is 17.7. The van der Waals surface area contributed by atoms with E-state index in [-0.39, 0.29) is 17.7 Å². The first kappa shape index (κ1) is 29.4. The molecule has 0 saturated heterocycles. The van der Waals surface area contributed by atoms with E-state index in [1.807, 2.05) is 43.3 Å². The van der Waals surface area contributed by atoms with Crippen molar-refractivity contribution in [3.05, 3.63) is 72.3 Å². The molecule has 0 aliphatic heterocycles. The lowest BCUT2D eigenvalue weighted by atomic mass is 10.0. The van der Waals surface area contributed by atoms with Crippen LogP contribution >= 0.6 is 0 Å². The lowest BCUT2D eigenvalue weighted by Gasteiger charge is -2.35. The fourth-order valence-electron chi connectivity index (χ4n) is 4.81. The van der Waals surface area contributed by atoms with Crippen LogP contribution in [0.25, 0.3) is 10.8 Å². The molecule has 3 aromatic carbocycles. The zero-order valence-electron chi connectivity index (χ0n) is 23.6. The Labute approximate surface area is 238 Å². The van der Waals surface area contributed by atoms with E-state index in [9.17, 15) is 24.3 Å². The summed E-state index contributed by atoms with van der Waals surface area (Å²) in [6.07, 6.45) is -0.773. The van der Waals surface area contributed by atoms with Crippen molar-refractivity contribution in [2.24, 2.45) is 11.7 Å². The summed E-state index contributed by atoms with van der Waals surface area (Å²) in [6, 6.07) is 16.4. The van der Waals surface area contributed by atoms with Crippen LogP contribution in [0.3, 0.4) is 0 Å². The highest BCUT2D eigenvalue weighted by atomic mass is 16.6. The highest BCUT2D eigenvalue weighted by Gasteiger charge is 2.48. The number of carbonyl (C=O) groups excluding carboxylic acids is 4. The fraction of sp³-hybridized carbons (Fsp3) is 0.355. The fourth-order valence-corrected chi connectivity index (χ4v) is 4.81. The minimum Gasteiger partial charge on any atom is -0.508 e. The van der Waals surface area contributed by atoms with Gasteiger partial charge in [0, 0.05) is 11.7 Å². The van der Waals surface area contributed by atoms with Crippen LogP contribution in [0.1, 0.15) is 52.1 Å². The van der Waals surface area contributed by atoms with Gasteiger partial charge in [-0.15, -0.1) is 0 Å². The highest BCUT2D eigenvalue weighted by Crippen LogP contribution is 2.41. The van der Waals surface area contributed by atoms with Crippen molar-refractivity contribution in [3.63, 3.8) is 0 Å². The smallest absolute Gasteiger partial charge is 0.408 e. The van der Waals surface area contributed by atoms with Crippen molar-refractivity contribution in [3.8, 4) is 5.75 Å². The molecular weight excluding hydrogens is 524 g/mol. The molecule has 5 N–H and O–H groups in total. The van der Waals surface area contributed by atoms with Crippen molar-refractivity contribution >= 4 is 40.3 Å². The van der Waals surface area contributed by atoms with Crippen LogP contribution in [0, 0.1) is 5.92 Å². The molecule has 0 aromatic heterocycles. The zero-order valence-corrected chi connectivity index (χ0v) is 23.6. The molecule has 3 aromatic rings. The predicted molar refractivity (Wildman–Crippen MR) is 155 cm³/mol. The molecule has 10 heteroatoms. The van der Waals surface area contributed by atoms with E-state index in [2.05, 4.69) is 10.6 Å².